The zero-order valence-corrected chi connectivity index (χ0v) is 15.8. The lowest BCUT2D eigenvalue weighted by molar-refractivity contribution is 0.0600. The van der Waals surface area contributed by atoms with Crippen molar-refractivity contribution in [3.63, 3.8) is 0 Å². The Morgan fingerprint density at radius 1 is 1.11 bits per heavy atom. The number of anilines is 2. The van der Waals surface area contributed by atoms with Crippen LogP contribution in [0, 0.1) is 17.6 Å². The molecule has 1 aliphatic rings. The van der Waals surface area contributed by atoms with Crippen molar-refractivity contribution in [2.75, 3.05) is 30.4 Å². The molecule has 2 aromatic carbocycles. The third-order valence-corrected chi connectivity index (χ3v) is 4.98. The van der Waals surface area contributed by atoms with E-state index in [9.17, 15) is 18.4 Å². The third-order valence-electron chi connectivity index (χ3n) is 4.98. The molecular weight excluding hydrogens is 366 g/mol. The summed E-state index contributed by atoms with van der Waals surface area (Å²) in [6.07, 6.45) is 1.99. The average molecular weight is 388 g/mol. The van der Waals surface area contributed by atoms with Gasteiger partial charge < -0.3 is 15.0 Å². The number of nitrogens with one attached hydrogen (secondary N) is 1. The van der Waals surface area contributed by atoms with E-state index in [1.165, 1.54) is 19.2 Å². The molecule has 1 N–H and O–H groups in total. The molecule has 5 nitrogen and oxygen atoms in total. The number of rotatable bonds is 4. The minimum absolute atomic E-state index is 0.237. The summed E-state index contributed by atoms with van der Waals surface area (Å²) in [7, 11) is 1.26. The zero-order valence-electron chi connectivity index (χ0n) is 15.8. The van der Waals surface area contributed by atoms with Gasteiger partial charge in [-0.1, -0.05) is 13.0 Å². The number of hydrogen-bond donors (Lipinski definition) is 1. The fourth-order valence-corrected chi connectivity index (χ4v) is 3.31. The number of hydrogen-bond acceptors (Lipinski definition) is 4. The number of carbonyl (C=O) groups is 2. The van der Waals surface area contributed by atoms with Crippen molar-refractivity contribution >= 4 is 23.3 Å². The van der Waals surface area contributed by atoms with Crippen LogP contribution in [0.5, 0.6) is 0 Å². The van der Waals surface area contributed by atoms with Crippen LogP contribution in [-0.4, -0.2) is 32.1 Å². The molecule has 1 aliphatic heterocycles. The summed E-state index contributed by atoms with van der Waals surface area (Å²) in [4.78, 5) is 26.6. The summed E-state index contributed by atoms with van der Waals surface area (Å²) in [5.74, 6) is -2.77. The fraction of sp³-hybridized carbons (Fsp3) is 0.333. The van der Waals surface area contributed by atoms with E-state index >= 15 is 0 Å². The maximum atomic E-state index is 14.0. The van der Waals surface area contributed by atoms with E-state index in [-0.39, 0.29) is 5.56 Å². The van der Waals surface area contributed by atoms with Crippen LogP contribution < -0.4 is 10.2 Å². The molecule has 2 aromatic rings. The number of carbonyl (C=O) groups excluding carboxylic acids is 2. The van der Waals surface area contributed by atoms with Crippen LogP contribution in [0.1, 0.15) is 40.5 Å². The van der Waals surface area contributed by atoms with Gasteiger partial charge in [0.25, 0.3) is 5.91 Å². The first-order chi connectivity index (χ1) is 13.4. The molecule has 0 unspecified atom stereocenters. The molecule has 0 spiro atoms. The molecule has 1 fully saturated rings. The molecule has 0 aliphatic carbocycles. The first-order valence-electron chi connectivity index (χ1n) is 9.13. The second-order valence-electron chi connectivity index (χ2n) is 6.94. The number of halogens is 2. The van der Waals surface area contributed by atoms with Crippen LogP contribution in [0.3, 0.4) is 0 Å². The Balaban J connectivity index is 1.96. The van der Waals surface area contributed by atoms with Crippen LogP contribution in [0.2, 0.25) is 0 Å². The van der Waals surface area contributed by atoms with E-state index in [4.69, 9.17) is 4.74 Å². The third kappa shape index (κ3) is 4.13. The number of methoxy groups -OCH3 is 1. The Morgan fingerprint density at radius 3 is 2.36 bits per heavy atom. The van der Waals surface area contributed by atoms with E-state index in [0.29, 0.717) is 17.3 Å². The average Bonchev–Trinajstić information content (AvgIpc) is 2.68. The molecule has 3 rings (SSSR count). The van der Waals surface area contributed by atoms with E-state index in [1.807, 2.05) is 0 Å². The molecule has 0 aromatic heterocycles. The quantitative estimate of drug-likeness (QED) is 0.796. The van der Waals surface area contributed by atoms with Gasteiger partial charge in [-0.25, -0.2) is 13.6 Å². The fourth-order valence-electron chi connectivity index (χ4n) is 3.31. The van der Waals surface area contributed by atoms with Gasteiger partial charge in [0.2, 0.25) is 0 Å². The van der Waals surface area contributed by atoms with Gasteiger partial charge in [0.1, 0.15) is 17.2 Å². The smallest absolute Gasteiger partial charge is 0.337 e. The van der Waals surface area contributed by atoms with E-state index in [1.54, 1.807) is 12.1 Å². The SMILES string of the molecule is COC(=O)c1ccc(N2CCC(C)CC2)c(NC(=O)c2c(F)cccc2F)c1. The highest BCUT2D eigenvalue weighted by Crippen LogP contribution is 2.32. The lowest BCUT2D eigenvalue weighted by Crippen LogP contribution is -2.33. The second-order valence-corrected chi connectivity index (χ2v) is 6.94. The van der Waals surface area contributed by atoms with Crippen molar-refractivity contribution in [3.05, 3.63) is 59.2 Å². The number of amides is 1. The molecule has 1 amide bonds. The lowest BCUT2D eigenvalue weighted by Gasteiger charge is -2.33. The predicted molar refractivity (Wildman–Crippen MR) is 103 cm³/mol. The van der Waals surface area contributed by atoms with Gasteiger partial charge in [0.15, 0.2) is 0 Å². The van der Waals surface area contributed by atoms with Gasteiger partial charge in [-0.2, -0.15) is 0 Å². The largest absolute Gasteiger partial charge is 0.465 e. The molecule has 28 heavy (non-hydrogen) atoms. The van der Waals surface area contributed by atoms with Gasteiger partial charge in [-0.3, -0.25) is 4.79 Å². The standard InChI is InChI=1S/C21H22F2N2O3/c1-13-8-10-25(11-9-13)18-7-6-14(21(27)28-2)12-17(18)24-20(26)19-15(22)4-3-5-16(19)23/h3-7,12-13H,8-11H2,1-2H3,(H,24,26). The van der Waals surface area contributed by atoms with Crippen LogP contribution in [-0.2, 0) is 4.74 Å². The highest BCUT2D eigenvalue weighted by molar-refractivity contribution is 6.07. The van der Waals surface area contributed by atoms with E-state index in [0.717, 1.165) is 38.1 Å². The zero-order chi connectivity index (χ0) is 20.3. The van der Waals surface area contributed by atoms with Crippen LogP contribution >= 0.6 is 0 Å². The lowest BCUT2D eigenvalue weighted by atomic mass is 9.98. The molecule has 148 valence electrons. The summed E-state index contributed by atoms with van der Waals surface area (Å²) < 4.78 is 32.7. The minimum atomic E-state index is -0.949. The first-order valence-corrected chi connectivity index (χ1v) is 9.13. The van der Waals surface area contributed by atoms with Crippen molar-refractivity contribution in [2.45, 2.75) is 19.8 Å². The van der Waals surface area contributed by atoms with Crippen molar-refractivity contribution < 1.29 is 23.1 Å². The summed E-state index contributed by atoms with van der Waals surface area (Å²) in [6.45, 7) is 3.76. The van der Waals surface area contributed by atoms with Gasteiger partial charge in [0.05, 0.1) is 24.0 Å². The maximum absolute atomic E-state index is 14.0. The number of piperidine rings is 1. The van der Waals surface area contributed by atoms with E-state index in [2.05, 4.69) is 17.1 Å². The summed E-state index contributed by atoms with van der Waals surface area (Å²) in [6, 6.07) is 8.04. The molecule has 0 atom stereocenters. The Hall–Kier alpha value is -2.96. The topological polar surface area (TPSA) is 58.6 Å². The highest BCUT2D eigenvalue weighted by Gasteiger charge is 2.23. The molecule has 7 heteroatoms. The Kier molecular flexibility index (Phi) is 5.92. The number of benzene rings is 2. The molecule has 1 heterocycles. The predicted octanol–water partition coefficient (Wildman–Crippen LogP) is 4.24. The number of nitrogens with zero attached hydrogens (tertiary/aromatic N) is 1. The minimum Gasteiger partial charge on any atom is -0.465 e. The molecular formula is C21H22F2N2O3. The van der Waals surface area contributed by atoms with E-state index < -0.39 is 29.1 Å². The second kappa shape index (κ2) is 8.37. The van der Waals surface area contributed by atoms with Gasteiger partial charge in [0, 0.05) is 13.1 Å². The first kappa shape index (κ1) is 19.8. The Bertz CT molecular complexity index is 873. The van der Waals surface area contributed by atoms with Gasteiger partial charge >= 0.3 is 5.97 Å². The van der Waals surface area contributed by atoms with Crippen molar-refractivity contribution in [3.8, 4) is 0 Å². The molecule has 1 saturated heterocycles. The van der Waals surface area contributed by atoms with Crippen LogP contribution in [0.25, 0.3) is 0 Å². The van der Waals surface area contributed by atoms with Crippen molar-refractivity contribution in [1.29, 1.82) is 0 Å². The van der Waals surface area contributed by atoms with Gasteiger partial charge in [-0.05, 0) is 49.1 Å². The molecule has 0 bridgehead atoms. The molecule has 0 radical (unpaired) electrons. The van der Waals surface area contributed by atoms with Crippen molar-refractivity contribution in [1.82, 2.24) is 0 Å². The summed E-state index contributed by atoms with van der Waals surface area (Å²) in [5, 5.41) is 2.57. The number of esters is 1. The van der Waals surface area contributed by atoms with Crippen LogP contribution in [0.4, 0.5) is 20.2 Å². The number of ether oxygens (including phenoxy) is 1. The summed E-state index contributed by atoms with van der Waals surface area (Å²) in [5.41, 5.74) is 0.583. The highest BCUT2D eigenvalue weighted by atomic mass is 19.1. The normalized spacial score (nSPS) is 14.6. The summed E-state index contributed by atoms with van der Waals surface area (Å²) >= 11 is 0. The van der Waals surface area contributed by atoms with Crippen LogP contribution in [0.15, 0.2) is 36.4 Å². The van der Waals surface area contributed by atoms with Gasteiger partial charge in [-0.15, -0.1) is 0 Å². The molecule has 0 saturated carbocycles. The monoisotopic (exact) mass is 388 g/mol. The van der Waals surface area contributed by atoms with Crippen molar-refractivity contribution in [2.24, 2.45) is 5.92 Å². The Labute approximate surface area is 162 Å². The Morgan fingerprint density at radius 2 is 1.75 bits per heavy atom. The maximum Gasteiger partial charge on any atom is 0.337 e.